The van der Waals surface area contributed by atoms with E-state index in [0.29, 0.717) is 40.1 Å². The maximum Gasteiger partial charge on any atom is 0.257 e. The third kappa shape index (κ3) is 4.03. The Hall–Kier alpha value is -3.72. The molecule has 0 bridgehead atoms. The van der Waals surface area contributed by atoms with E-state index in [0.717, 1.165) is 24.2 Å². The second kappa shape index (κ2) is 8.57. The lowest BCUT2D eigenvalue weighted by Crippen LogP contribution is -2.54. The van der Waals surface area contributed by atoms with Gasteiger partial charge in [-0.15, -0.1) is 0 Å². The van der Waals surface area contributed by atoms with Gasteiger partial charge in [-0.3, -0.25) is 9.48 Å². The van der Waals surface area contributed by atoms with E-state index in [9.17, 15) is 9.18 Å². The molecule has 0 radical (unpaired) electrons. The van der Waals surface area contributed by atoms with Gasteiger partial charge in [-0.1, -0.05) is 0 Å². The summed E-state index contributed by atoms with van der Waals surface area (Å²) in [6.45, 7) is 6.02. The first-order valence-corrected chi connectivity index (χ1v) is 11.3. The van der Waals surface area contributed by atoms with Crippen LogP contribution in [-0.4, -0.2) is 53.0 Å². The van der Waals surface area contributed by atoms with Crippen LogP contribution in [0.1, 0.15) is 24.2 Å². The molecule has 0 aliphatic carbocycles. The van der Waals surface area contributed by atoms with E-state index < -0.39 is 5.82 Å². The van der Waals surface area contributed by atoms with Gasteiger partial charge >= 0.3 is 0 Å². The Morgan fingerprint density at radius 1 is 1.15 bits per heavy atom. The molecule has 0 spiro atoms. The van der Waals surface area contributed by atoms with Crippen molar-refractivity contribution in [2.45, 2.75) is 25.9 Å². The van der Waals surface area contributed by atoms with Crippen molar-refractivity contribution in [1.29, 1.82) is 0 Å². The van der Waals surface area contributed by atoms with E-state index in [1.165, 1.54) is 6.07 Å². The summed E-state index contributed by atoms with van der Waals surface area (Å²) < 4.78 is 21.4. The topological polar surface area (TPSA) is 84.3 Å². The Bertz CT molecular complexity index is 1390. The number of anilines is 2. The lowest BCUT2D eigenvalue weighted by atomic mass is 10.0. The zero-order valence-corrected chi connectivity index (χ0v) is 19.6. The molecule has 2 aromatic carbocycles. The number of benzene rings is 2. The van der Waals surface area contributed by atoms with E-state index >= 15 is 0 Å². The molecule has 0 unspecified atom stereocenters. The minimum atomic E-state index is -0.490. The van der Waals surface area contributed by atoms with Crippen molar-refractivity contribution in [3.8, 4) is 5.88 Å². The van der Waals surface area contributed by atoms with Crippen LogP contribution >= 0.6 is 0 Å². The summed E-state index contributed by atoms with van der Waals surface area (Å²) in [4.78, 5) is 20.2. The number of carbonyl (C=O) groups excluding carboxylic acids is 1. The maximum atomic E-state index is 14.5. The quantitative estimate of drug-likeness (QED) is 0.481. The van der Waals surface area contributed by atoms with Crippen LogP contribution in [0.3, 0.4) is 0 Å². The number of amides is 1. The molecule has 1 aliphatic rings. The first-order valence-electron chi connectivity index (χ1n) is 11.3. The van der Waals surface area contributed by atoms with Crippen molar-refractivity contribution in [1.82, 2.24) is 20.1 Å². The highest BCUT2D eigenvalue weighted by atomic mass is 19.1. The van der Waals surface area contributed by atoms with Gasteiger partial charge in [0.25, 0.3) is 5.91 Å². The fraction of sp³-hybridized carbons (Fsp3) is 0.320. The smallest absolute Gasteiger partial charge is 0.257 e. The highest BCUT2D eigenvalue weighted by Gasteiger charge is 2.24. The van der Waals surface area contributed by atoms with Gasteiger partial charge < -0.3 is 20.3 Å². The SMILES string of the molecule is COc1ccc2c(N3C[C@@H](C)N[C@@H](C)C3)ccc(C(=O)Nc3cc(F)c4nn(C)cc4c3)c2n1. The summed E-state index contributed by atoms with van der Waals surface area (Å²) in [5.74, 6) is -0.444. The molecular formula is C25H27FN6O2. The van der Waals surface area contributed by atoms with Gasteiger partial charge in [0.1, 0.15) is 5.52 Å². The average molecular weight is 463 g/mol. The Morgan fingerprint density at radius 3 is 2.65 bits per heavy atom. The number of hydrogen-bond acceptors (Lipinski definition) is 6. The summed E-state index contributed by atoms with van der Waals surface area (Å²) in [5.41, 5.74) is 2.57. The van der Waals surface area contributed by atoms with Crippen LogP contribution in [0.4, 0.5) is 15.8 Å². The molecular weight excluding hydrogens is 435 g/mol. The molecule has 1 amide bonds. The molecule has 1 saturated heterocycles. The number of pyridine rings is 1. The van der Waals surface area contributed by atoms with Crippen LogP contribution in [0.15, 0.2) is 42.6 Å². The molecule has 5 rings (SSSR count). The number of aromatic nitrogens is 3. The van der Waals surface area contributed by atoms with Crippen LogP contribution in [-0.2, 0) is 7.05 Å². The lowest BCUT2D eigenvalue weighted by molar-refractivity contribution is 0.102. The largest absolute Gasteiger partial charge is 0.481 e. The van der Waals surface area contributed by atoms with Crippen molar-refractivity contribution in [3.05, 3.63) is 54.0 Å². The summed E-state index contributed by atoms with van der Waals surface area (Å²) in [6.07, 6.45) is 1.71. The molecule has 34 heavy (non-hydrogen) atoms. The zero-order valence-electron chi connectivity index (χ0n) is 19.6. The van der Waals surface area contributed by atoms with Gasteiger partial charge in [-0.05, 0) is 44.2 Å². The number of nitrogens with one attached hydrogen (secondary N) is 2. The Balaban J connectivity index is 1.54. The minimum Gasteiger partial charge on any atom is -0.481 e. The van der Waals surface area contributed by atoms with Gasteiger partial charge in [0, 0.05) is 66.6 Å². The molecule has 2 N–H and O–H groups in total. The van der Waals surface area contributed by atoms with Crippen molar-refractivity contribution < 1.29 is 13.9 Å². The monoisotopic (exact) mass is 462 g/mol. The predicted molar refractivity (Wildman–Crippen MR) is 131 cm³/mol. The normalized spacial score (nSPS) is 18.4. The summed E-state index contributed by atoms with van der Waals surface area (Å²) in [7, 11) is 3.27. The second-order valence-electron chi connectivity index (χ2n) is 8.91. The summed E-state index contributed by atoms with van der Waals surface area (Å²) in [6, 6.07) is 11.1. The van der Waals surface area contributed by atoms with E-state index in [2.05, 4.69) is 39.5 Å². The number of hydrogen-bond donors (Lipinski definition) is 2. The Labute approximate surface area is 196 Å². The predicted octanol–water partition coefficient (Wildman–Crippen LogP) is 3.71. The highest BCUT2D eigenvalue weighted by molar-refractivity contribution is 6.14. The number of piperazine rings is 1. The molecule has 3 heterocycles. The maximum absolute atomic E-state index is 14.5. The number of methoxy groups -OCH3 is 1. The van der Waals surface area contributed by atoms with Crippen LogP contribution in [0.2, 0.25) is 0 Å². The average Bonchev–Trinajstić information content (AvgIpc) is 3.18. The van der Waals surface area contributed by atoms with Crippen molar-refractivity contribution in [2.24, 2.45) is 7.05 Å². The van der Waals surface area contributed by atoms with Crippen molar-refractivity contribution in [2.75, 3.05) is 30.4 Å². The number of carbonyl (C=O) groups is 1. The van der Waals surface area contributed by atoms with Crippen molar-refractivity contribution >= 4 is 39.1 Å². The number of fused-ring (bicyclic) bond motifs is 2. The molecule has 0 saturated carbocycles. The third-order valence-electron chi connectivity index (χ3n) is 6.10. The van der Waals surface area contributed by atoms with Gasteiger partial charge in [-0.25, -0.2) is 9.37 Å². The van der Waals surface area contributed by atoms with Crippen LogP contribution < -0.4 is 20.3 Å². The second-order valence-corrected chi connectivity index (χ2v) is 8.91. The molecule has 4 aromatic rings. The number of ether oxygens (including phenoxy) is 1. The van der Waals surface area contributed by atoms with E-state index in [-0.39, 0.29) is 11.4 Å². The number of halogens is 1. The summed E-state index contributed by atoms with van der Waals surface area (Å²) >= 11 is 0. The first kappa shape index (κ1) is 22.1. The Morgan fingerprint density at radius 2 is 1.91 bits per heavy atom. The van der Waals surface area contributed by atoms with Gasteiger partial charge in [0.15, 0.2) is 5.82 Å². The Kier molecular flexibility index (Phi) is 5.57. The van der Waals surface area contributed by atoms with Crippen molar-refractivity contribution in [3.63, 3.8) is 0 Å². The molecule has 2 aromatic heterocycles. The molecule has 9 heteroatoms. The molecule has 8 nitrogen and oxygen atoms in total. The van der Waals surface area contributed by atoms with E-state index in [1.54, 1.807) is 43.2 Å². The lowest BCUT2D eigenvalue weighted by Gasteiger charge is -2.38. The molecule has 176 valence electrons. The summed E-state index contributed by atoms with van der Waals surface area (Å²) in [5, 5.41) is 12.0. The number of nitrogens with zero attached hydrogens (tertiary/aromatic N) is 4. The molecule has 1 fully saturated rings. The highest BCUT2D eigenvalue weighted by Crippen LogP contribution is 2.32. The minimum absolute atomic E-state index is 0.265. The fourth-order valence-electron chi connectivity index (χ4n) is 4.76. The van der Waals surface area contributed by atoms with Gasteiger partial charge in [-0.2, -0.15) is 5.10 Å². The van der Waals surface area contributed by atoms with Gasteiger partial charge in [0.2, 0.25) is 5.88 Å². The third-order valence-corrected chi connectivity index (χ3v) is 6.10. The molecule has 2 atom stereocenters. The van der Waals surface area contributed by atoms with Crippen LogP contribution in [0.5, 0.6) is 5.88 Å². The van der Waals surface area contributed by atoms with Gasteiger partial charge in [0.05, 0.1) is 18.2 Å². The van der Waals surface area contributed by atoms with E-state index in [1.807, 2.05) is 12.1 Å². The standard InChI is InChI=1S/C25H27FN6O2/c1-14-11-32(12-15(2)27-14)21-7-5-19(24-18(21)6-8-22(29-24)34-4)25(33)28-17-9-16-13-31(3)30-23(16)20(26)10-17/h5-10,13-15,27H,11-12H2,1-4H3,(H,28,33)/t14-,15+. The van der Waals surface area contributed by atoms with E-state index in [4.69, 9.17) is 4.74 Å². The number of aryl methyl sites for hydroxylation is 1. The molecule has 1 aliphatic heterocycles. The van der Waals surface area contributed by atoms with Crippen LogP contribution in [0, 0.1) is 5.82 Å². The zero-order chi connectivity index (χ0) is 24.0. The number of rotatable bonds is 4. The fourth-order valence-corrected chi connectivity index (χ4v) is 4.76. The first-order chi connectivity index (χ1) is 16.3. The van der Waals surface area contributed by atoms with Crippen LogP contribution in [0.25, 0.3) is 21.8 Å².